The second kappa shape index (κ2) is 7.21. The van der Waals surface area contributed by atoms with Crippen molar-refractivity contribution in [2.75, 3.05) is 6.61 Å². The van der Waals surface area contributed by atoms with E-state index in [9.17, 15) is 0 Å². The van der Waals surface area contributed by atoms with Gasteiger partial charge in [-0.2, -0.15) is 9.61 Å². The van der Waals surface area contributed by atoms with Crippen LogP contribution in [0.5, 0.6) is 11.5 Å². The summed E-state index contributed by atoms with van der Waals surface area (Å²) in [5.41, 5.74) is 1.30. The summed E-state index contributed by atoms with van der Waals surface area (Å²) >= 11 is 3.29. The van der Waals surface area contributed by atoms with Crippen molar-refractivity contribution in [3.63, 3.8) is 0 Å². The molecule has 1 atom stereocenters. The van der Waals surface area contributed by atoms with Crippen LogP contribution in [0.1, 0.15) is 22.5 Å². The number of nitrogens with zero attached hydrogens (tertiary/aromatic N) is 4. The zero-order valence-electron chi connectivity index (χ0n) is 14.3. The van der Waals surface area contributed by atoms with Gasteiger partial charge in [-0.15, -0.1) is 22.0 Å². The Hall–Kier alpha value is -2.58. The summed E-state index contributed by atoms with van der Waals surface area (Å²) in [4.78, 5) is 0.780. The molecule has 2 aromatic carbocycles. The van der Waals surface area contributed by atoms with Gasteiger partial charge in [-0.3, -0.25) is 0 Å². The van der Waals surface area contributed by atoms with Crippen LogP contribution in [-0.2, 0) is 11.5 Å². The van der Waals surface area contributed by atoms with E-state index in [2.05, 4.69) is 39.6 Å². The Labute approximate surface area is 164 Å². The number of rotatable bonds is 5. The van der Waals surface area contributed by atoms with Gasteiger partial charge >= 0.3 is 0 Å². The highest BCUT2D eigenvalue weighted by atomic mass is 32.2. The second-order valence-electron chi connectivity index (χ2n) is 6.09. The summed E-state index contributed by atoms with van der Waals surface area (Å²) in [5.74, 6) is 4.06. The molecule has 2 aromatic heterocycles. The number of hydrogen-bond donors (Lipinski definition) is 0. The maximum Gasteiger partial charge on any atom is 0.234 e. The minimum absolute atomic E-state index is 0.226. The number of fused-ring (bicyclic) bond motifs is 2. The average molecular weight is 396 g/mol. The first-order valence-corrected chi connectivity index (χ1v) is 10.5. The van der Waals surface area contributed by atoms with Crippen molar-refractivity contribution in [3.05, 3.63) is 71.0 Å². The second-order valence-corrected chi connectivity index (χ2v) is 8.07. The molecular formula is C19H16N4O2S2. The van der Waals surface area contributed by atoms with Gasteiger partial charge in [0.05, 0.1) is 5.75 Å². The van der Waals surface area contributed by atoms with E-state index >= 15 is 0 Å². The standard InChI is InChI=1S/C19H16N4O2S2/c1-2-6-13(7-3-1)11-26-12-17-20-21-19-23(17)22-18(27-19)16-10-24-14-8-4-5-9-15(14)25-16/h1-9,16H,10-12H2. The lowest BCUT2D eigenvalue weighted by molar-refractivity contribution is 0.0904. The van der Waals surface area contributed by atoms with E-state index in [1.807, 2.05) is 34.8 Å². The molecule has 8 heteroatoms. The van der Waals surface area contributed by atoms with Gasteiger partial charge in [-0.05, 0) is 17.7 Å². The third-order valence-corrected chi connectivity index (χ3v) is 6.19. The average Bonchev–Trinajstić information content (AvgIpc) is 3.30. The molecule has 0 radical (unpaired) electrons. The molecule has 0 saturated heterocycles. The van der Waals surface area contributed by atoms with E-state index in [0.717, 1.165) is 38.8 Å². The quantitative estimate of drug-likeness (QED) is 0.505. The fraction of sp³-hybridized carbons (Fsp3) is 0.211. The fourth-order valence-electron chi connectivity index (χ4n) is 2.87. The molecule has 4 aromatic rings. The summed E-state index contributed by atoms with van der Waals surface area (Å²) in [7, 11) is 0. The molecular weight excluding hydrogens is 380 g/mol. The van der Waals surface area contributed by atoms with Crippen LogP contribution in [0.2, 0.25) is 0 Å². The first-order chi connectivity index (χ1) is 13.4. The number of para-hydroxylation sites is 2. The van der Waals surface area contributed by atoms with Crippen molar-refractivity contribution in [3.8, 4) is 11.5 Å². The molecule has 0 spiro atoms. The Balaban J connectivity index is 1.30. The largest absolute Gasteiger partial charge is 0.485 e. The Morgan fingerprint density at radius 1 is 1.00 bits per heavy atom. The molecule has 6 nitrogen and oxygen atoms in total. The molecule has 1 aliphatic rings. The third-order valence-electron chi connectivity index (χ3n) is 4.20. The van der Waals surface area contributed by atoms with Crippen LogP contribution < -0.4 is 9.47 Å². The molecule has 0 fully saturated rings. The van der Waals surface area contributed by atoms with Crippen molar-refractivity contribution in [2.24, 2.45) is 0 Å². The number of aromatic nitrogens is 4. The molecule has 136 valence electrons. The molecule has 0 aliphatic carbocycles. The van der Waals surface area contributed by atoms with Crippen LogP contribution >= 0.6 is 23.1 Å². The van der Waals surface area contributed by atoms with Gasteiger partial charge in [0.25, 0.3) is 0 Å². The highest BCUT2D eigenvalue weighted by molar-refractivity contribution is 7.97. The van der Waals surface area contributed by atoms with Gasteiger partial charge in [0.1, 0.15) is 6.61 Å². The van der Waals surface area contributed by atoms with Gasteiger partial charge in [-0.1, -0.05) is 53.8 Å². The van der Waals surface area contributed by atoms with Crippen LogP contribution in [0.25, 0.3) is 4.96 Å². The lowest BCUT2D eigenvalue weighted by Gasteiger charge is -2.24. The smallest absolute Gasteiger partial charge is 0.234 e. The van der Waals surface area contributed by atoms with Crippen molar-refractivity contribution >= 4 is 28.1 Å². The fourth-order valence-corrected chi connectivity index (χ4v) is 4.63. The molecule has 0 saturated carbocycles. The number of ether oxygens (including phenoxy) is 2. The maximum atomic E-state index is 6.05. The zero-order valence-corrected chi connectivity index (χ0v) is 15.9. The van der Waals surface area contributed by atoms with E-state index < -0.39 is 0 Å². The van der Waals surface area contributed by atoms with E-state index in [1.54, 1.807) is 11.8 Å². The summed E-state index contributed by atoms with van der Waals surface area (Å²) in [5, 5.41) is 14.1. The summed E-state index contributed by atoms with van der Waals surface area (Å²) < 4.78 is 13.7. The summed E-state index contributed by atoms with van der Waals surface area (Å²) in [6, 6.07) is 18.1. The predicted octanol–water partition coefficient (Wildman–Crippen LogP) is 4.13. The van der Waals surface area contributed by atoms with Gasteiger partial charge in [0.15, 0.2) is 28.4 Å². The maximum absolute atomic E-state index is 6.05. The van der Waals surface area contributed by atoms with E-state index in [4.69, 9.17) is 9.47 Å². The molecule has 0 N–H and O–H groups in total. The molecule has 0 bridgehead atoms. The Morgan fingerprint density at radius 2 is 1.81 bits per heavy atom. The Kier molecular flexibility index (Phi) is 4.43. The molecule has 5 rings (SSSR count). The first-order valence-electron chi connectivity index (χ1n) is 8.58. The highest BCUT2D eigenvalue weighted by Crippen LogP contribution is 2.37. The van der Waals surface area contributed by atoms with Gasteiger partial charge < -0.3 is 9.47 Å². The predicted molar refractivity (Wildman–Crippen MR) is 105 cm³/mol. The van der Waals surface area contributed by atoms with Crippen LogP contribution in [0.15, 0.2) is 54.6 Å². The van der Waals surface area contributed by atoms with Crippen LogP contribution in [0, 0.1) is 0 Å². The van der Waals surface area contributed by atoms with Crippen molar-refractivity contribution < 1.29 is 9.47 Å². The SMILES string of the molecule is c1ccc(CSCc2nnc3sc(C4COc5ccccc5O4)nn23)cc1. The first kappa shape index (κ1) is 16.6. The molecule has 0 amide bonds. The monoisotopic (exact) mass is 396 g/mol. The van der Waals surface area contributed by atoms with Gasteiger partial charge in [-0.25, -0.2) is 0 Å². The van der Waals surface area contributed by atoms with Crippen LogP contribution in [0.4, 0.5) is 0 Å². The minimum atomic E-state index is -0.226. The normalized spacial score (nSPS) is 15.9. The van der Waals surface area contributed by atoms with Gasteiger partial charge in [0.2, 0.25) is 4.96 Å². The minimum Gasteiger partial charge on any atom is -0.485 e. The number of thioether (sulfide) groups is 1. The number of benzene rings is 2. The molecule has 1 aliphatic heterocycles. The van der Waals surface area contributed by atoms with Crippen molar-refractivity contribution in [1.82, 2.24) is 19.8 Å². The summed E-state index contributed by atoms with van der Waals surface area (Å²) in [6.07, 6.45) is -0.226. The molecule has 3 heterocycles. The third kappa shape index (κ3) is 3.38. The lowest BCUT2D eigenvalue weighted by Crippen LogP contribution is -2.21. The molecule has 1 unspecified atom stereocenters. The van der Waals surface area contributed by atoms with Gasteiger partial charge in [0, 0.05) is 5.75 Å². The van der Waals surface area contributed by atoms with E-state index in [1.165, 1.54) is 16.9 Å². The van der Waals surface area contributed by atoms with Crippen LogP contribution in [0.3, 0.4) is 0 Å². The Bertz CT molecular complexity index is 1060. The van der Waals surface area contributed by atoms with E-state index in [0.29, 0.717) is 6.61 Å². The molecule has 27 heavy (non-hydrogen) atoms. The topological polar surface area (TPSA) is 61.5 Å². The number of hydrogen-bond acceptors (Lipinski definition) is 7. The highest BCUT2D eigenvalue weighted by Gasteiger charge is 2.26. The summed E-state index contributed by atoms with van der Waals surface area (Å²) in [6.45, 7) is 0.444. The lowest BCUT2D eigenvalue weighted by atomic mass is 10.2. The van der Waals surface area contributed by atoms with E-state index in [-0.39, 0.29) is 6.10 Å². The van der Waals surface area contributed by atoms with Crippen molar-refractivity contribution in [1.29, 1.82) is 0 Å². The Morgan fingerprint density at radius 3 is 2.70 bits per heavy atom. The van der Waals surface area contributed by atoms with Crippen molar-refractivity contribution in [2.45, 2.75) is 17.6 Å². The zero-order chi connectivity index (χ0) is 18.1. The van der Waals surface area contributed by atoms with Crippen LogP contribution in [-0.4, -0.2) is 26.4 Å².